The predicted octanol–water partition coefficient (Wildman–Crippen LogP) is 5.28. The lowest BCUT2D eigenvalue weighted by molar-refractivity contribution is -0.0422. The van der Waals surface area contributed by atoms with Gasteiger partial charge in [0.1, 0.15) is 22.2 Å². The Morgan fingerprint density at radius 1 is 1.26 bits per heavy atom. The Balaban J connectivity index is 1.67. The molecule has 1 heterocycles. The van der Waals surface area contributed by atoms with Crippen LogP contribution in [0.25, 0.3) is 0 Å². The summed E-state index contributed by atoms with van der Waals surface area (Å²) in [5.41, 5.74) is 6.44. The minimum atomic E-state index is -4.51. The van der Waals surface area contributed by atoms with Crippen molar-refractivity contribution in [2.24, 2.45) is 5.73 Å². The van der Waals surface area contributed by atoms with Gasteiger partial charge in [-0.2, -0.15) is 0 Å². The van der Waals surface area contributed by atoms with Gasteiger partial charge in [0.2, 0.25) is 5.92 Å². The predicted molar refractivity (Wildman–Crippen MR) is 141 cm³/mol. The molecule has 4 rings (SSSR count). The summed E-state index contributed by atoms with van der Waals surface area (Å²) in [5, 5.41) is 4.50. The van der Waals surface area contributed by atoms with Crippen molar-refractivity contribution in [3.8, 4) is 11.5 Å². The van der Waals surface area contributed by atoms with Gasteiger partial charge in [0.05, 0.1) is 31.5 Å². The normalized spacial score (nSPS) is 19.1. The number of sulfonamides is 1. The molecule has 0 radical (unpaired) electrons. The van der Waals surface area contributed by atoms with Gasteiger partial charge in [-0.1, -0.05) is 11.6 Å². The molecule has 0 saturated heterocycles. The second-order valence-electron chi connectivity index (χ2n) is 8.78. The number of hydrogen-bond acceptors (Lipinski definition) is 8. The Labute approximate surface area is 227 Å². The maximum Gasteiger partial charge on any atom is 0.269 e. The number of nitrogens with one attached hydrogen (secondary N) is 1. The number of rotatable bonds is 9. The maximum atomic E-state index is 15.4. The highest BCUT2D eigenvalue weighted by molar-refractivity contribution is 7.93. The fourth-order valence-corrected chi connectivity index (χ4v) is 6.86. The number of hydrogen-bond donors (Lipinski definition) is 2. The van der Waals surface area contributed by atoms with Crippen LogP contribution in [-0.2, 0) is 16.6 Å². The maximum absolute atomic E-state index is 15.4. The molecule has 0 aliphatic heterocycles. The molecule has 206 valence electrons. The number of halogens is 4. The fourth-order valence-electron chi connectivity index (χ4n) is 4.24. The van der Waals surface area contributed by atoms with Crippen LogP contribution < -0.4 is 24.8 Å². The molecule has 8 nitrogen and oxygen atoms in total. The first-order chi connectivity index (χ1) is 17.9. The zero-order valence-corrected chi connectivity index (χ0v) is 22.8. The molecule has 38 heavy (non-hydrogen) atoms. The van der Waals surface area contributed by atoms with Crippen molar-refractivity contribution in [1.82, 2.24) is 4.98 Å². The first-order valence-electron chi connectivity index (χ1n) is 11.5. The molecule has 0 amide bonds. The molecule has 3 aromatic rings. The summed E-state index contributed by atoms with van der Waals surface area (Å²) in [6, 6.07) is 5.34. The van der Waals surface area contributed by atoms with E-state index < -0.39 is 45.2 Å². The SMILES string of the molecule is COc1ccc(CN(c2nccs2)S(=O)(=O)c2cc(Cl)c(N[C@H]3CCC(F)(F)C[C@@H]3N)cc2F)c(OC)c1. The van der Waals surface area contributed by atoms with Crippen molar-refractivity contribution >= 4 is 43.8 Å². The highest BCUT2D eigenvalue weighted by atomic mass is 35.5. The van der Waals surface area contributed by atoms with Crippen molar-refractivity contribution < 1.29 is 31.1 Å². The van der Waals surface area contributed by atoms with Gasteiger partial charge >= 0.3 is 0 Å². The van der Waals surface area contributed by atoms with Crippen LogP contribution in [0.5, 0.6) is 11.5 Å². The van der Waals surface area contributed by atoms with Crippen LogP contribution in [0.2, 0.25) is 5.02 Å². The Hall–Kier alpha value is -2.74. The summed E-state index contributed by atoms with van der Waals surface area (Å²) in [6.45, 7) is -0.217. The van der Waals surface area contributed by atoms with E-state index in [1.54, 1.807) is 23.6 Å². The van der Waals surface area contributed by atoms with E-state index in [1.807, 2.05) is 0 Å². The van der Waals surface area contributed by atoms with Crippen LogP contribution in [-0.4, -0.2) is 45.6 Å². The van der Waals surface area contributed by atoms with Crippen LogP contribution in [0, 0.1) is 5.82 Å². The van der Waals surface area contributed by atoms with E-state index >= 15 is 4.39 Å². The first kappa shape index (κ1) is 28.3. The number of nitrogens with zero attached hydrogens (tertiary/aromatic N) is 2. The number of thiazole rings is 1. The lowest BCUT2D eigenvalue weighted by Crippen LogP contribution is -2.48. The summed E-state index contributed by atoms with van der Waals surface area (Å²) >= 11 is 7.41. The molecular weight excluding hydrogens is 565 g/mol. The molecule has 1 aliphatic carbocycles. The van der Waals surface area contributed by atoms with E-state index in [4.69, 9.17) is 26.8 Å². The van der Waals surface area contributed by atoms with Gasteiger partial charge in [-0.25, -0.2) is 30.9 Å². The lowest BCUT2D eigenvalue weighted by Gasteiger charge is -2.35. The number of aromatic nitrogens is 1. The molecule has 1 aromatic heterocycles. The van der Waals surface area contributed by atoms with Crippen LogP contribution in [0.1, 0.15) is 24.8 Å². The third-order valence-corrected chi connectivity index (χ3v) is 9.22. The quantitative estimate of drug-likeness (QED) is 0.349. The highest BCUT2D eigenvalue weighted by Gasteiger charge is 2.40. The van der Waals surface area contributed by atoms with Crippen LogP contribution in [0.4, 0.5) is 24.0 Å². The second kappa shape index (κ2) is 11.2. The van der Waals surface area contributed by atoms with Gasteiger partial charge in [0, 0.05) is 48.1 Å². The van der Waals surface area contributed by atoms with E-state index in [0.29, 0.717) is 17.1 Å². The van der Waals surface area contributed by atoms with E-state index in [1.165, 1.54) is 20.4 Å². The van der Waals surface area contributed by atoms with Gasteiger partial charge in [-0.15, -0.1) is 11.3 Å². The Morgan fingerprint density at radius 2 is 2.03 bits per heavy atom. The molecule has 1 aliphatic rings. The molecule has 1 fully saturated rings. The number of nitrogens with two attached hydrogens (primary N) is 1. The smallest absolute Gasteiger partial charge is 0.269 e. The Kier molecular flexibility index (Phi) is 8.31. The van der Waals surface area contributed by atoms with E-state index in [-0.39, 0.29) is 35.2 Å². The molecule has 1 saturated carbocycles. The van der Waals surface area contributed by atoms with Gasteiger partial charge in [0.25, 0.3) is 10.0 Å². The van der Waals surface area contributed by atoms with Gasteiger partial charge in [-0.05, 0) is 30.7 Å². The molecule has 2 atom stereocenters. The molecule has 2 aromatic carbocycles. The molecule has 3 N–H and O–H groups in total. The fraction of sp³-hybridized carbons (Fsp3) is 0.375. The van der Waals surface area contributed by atoms with Gasteiger partial charge in [-0.3, -0.25) is 0 Å². The standard InChI is InChI=1S/C24H26ClF3N4O4S2/c1-35-15-4-3-14(21(9-15)36-2)13-32(23-30-7-8-37-23)38(33,34)22-10-16(25)20(11-17(22)26)31-19-5-6-24(27,28)12-18(19)29/h3-4,7-11,18-19,31H,5-6,12-13,29H2,1-2H3/t18-,19-/m0/s1. The third kappa shape index (κ3) is 5.95. The number of methoxy groups -OCH3 is 2. The molecule has 0 unspecified atom stereocenters. The number of benzene rings is 2. The molecule has 0 bridgehead atoms. The summed E-state index contributed by atoms with van der Waals surface area (Å²) < 4.78 is 81.7. The van der Waals surface area contributed by atoms with E-state index in [0.717, 1.165) is 27.8 Å². The summed E-state index contributed by atoms with van der Waals surface area (Å²) in [6.07, 6.45) is 0.589. The topological polar surface area (TPSA) is 107 Å². The first-order valence-corrected chi connectivity index (χ1v) is 14.2. The zero-order valence-electron chi connectivity index (χ0n) is 20.5. The van der Waals surface area contributed by atoms with Gasteiger partial charge in [0.15, 0.2) is 5.13 Å². The third-order valence-electron chi connectivity index (χ3n) is 6.24. The summed E-state index contributed by atoms with van der Waals surface area (Å²) in [4.78, 5) is 3.45. The average molecular weight is 591 g/mol. The monoisotopic (exact) mass is 590 g/mol. The second-order valence-corrected chi connectivity index (χ2v) is 11.9. The number of anilines is 2. The number of ether oxygens (including phenoxy) is 2. The van der Waals surface area contributed by atoms with Crippen molar-refractivity contribution in [1.29, 1.82) is 0 Å². The van der Waals surface area contributed by atoms with Crippen molar-refractivity contribution in [2.75, 3.05) is 23.8 Å². The van der Waals surface area contributed by atoms with Gasteiger partial charge < -0.3 is 20.5 Å². The van der Waals surface area contributed by atoms with Crippen molar-refractivity contribution in [3.05, 3.63) is 58.3 Å². The summed E-state index contributed by atoms with van der Waals surface area (Å²) in [7, 11) is -1.58. The highest BCUT2D eigenvalue weighted by Crippen LogP contribution is 2.38. The van der Waals surface area contributed by atoms with Crippen molar-refractivity contribution in [2.45, 2.75) is 48.7 Å². The van der Waals surface area contributed by atoms with Crippen LogP contribution in [0.3, 0.4) is 0 Å². The minimum Gasteiger partial charge on any atom is -0.497 e. The minimum absolute atomic E-state index is 0.0493. The average Bonchev–Trinajstić information content (AvgIpc) is 3.40. The van der Waals surface area contributed by atoms with Crippen molar-refractivity contribution in [3.63, 3.8) is 0 Å². The summed E-state index contributed by atoms with van der Waals surface area (Å²) in [5.74, 6) is -3.06. The zero-order chi connectivity index (χ0) is 27.7. The largest absolute Gasteiger partial charge is 0.497 e. The number of alkyl halides is 2. The molecule has 14 heteroatoms. The molecular formula is C24H26ClF3N4O4S2. The lowest BCUT2D eigenvalue weighted by atomic mass is 9.88. The van der Waals surface area contributed by atoms with Crippen LogP contribution in [0.15, 0.2) is 46.8 Å². The van der Waals surface area contributed by atoms with E-state index in [9.17, 15) is 17.2 Å². The Bertz CT molecular complexity index is 1390. The molecule has 0 spiro atoms. The van der Waals surface area contributed by atoms with Crippen LogP contribution >= 0.6 is 22.9 Å². The van der Waals surface area contributed by atoms with E-state index in [2.05, 4.69) is 10.3 Å². The Morgan fingerprint density at radius 3 is 2.66 bits per heavy atom.